The molecule has 0 atom stereocenters. The number of hydrogen-bond donors (Lipinski definition) is 0. The molecule has 1 aliphatic heterocycles. The molecule has 5 nitrogen and oxygen atoms in total. The van der Waals surface area contributed by atoms with E-state index in [0.29, 0.717) is 19.1 Å². The zero-order valence-corrected chi connectivity index (χ0v) is 12.7. The minimum absolute atomic E-state index is 0.198. The number of hydrogen-bond acceptors (Lipinski definition) is 4. The molecule has 0 amide bonds. The van der Waals surface area contributed by atoms with E-state index in [4.69, 9.17) is 11.6 Å². The van der Waals surface area contributed by atoms with E-state index in [2.05, 4.69) is 9.88 Å². The van der Waals surface area contributed by atoms with E-state index in [1.165, 1.54) is 22.6 Å². The highest BCUT2D eigenvalue weighted by Crippen LogP contribution is 2.23. The van der Waals surface area contributed by atoms with E-state index in [0.717, 1.165) is 12.8 Å². The van der Waals surface area contributed by atoms with Gasteiger partial charge in [-0.05, 0) is 39.1 Å². The van der Waals surface area contributed by atoms with Gasteiger partial charge in [-0.1, -0.05) is 11.6 Å². The summed E-state index contributed by atoms with van der Waals surface area (Å²) in [5.41, 5.74) is 0. The van der Waals surface area contributed by atoms with Crippen LogP contribution in [0.4, 0.5) is 0 Å². The lowest BCUT2D eigenvalue weighted by molar-refractivity contribution is 0.196. The van der Waals surface area contributed by atoms with Gasteiger partial charge in [0.15, 0.2) is 0 Å². The molecule has 0 radical (unpaired) electrons. The van der Waals surface area contributed by atoms with Crippen molar-refractivity contribution in [3.05, 3.63) is 23.5 Å². The van der Waals surface area contributed by atoms with Crippen molar-refractivity contribution >= 4 is 21.6 Å². The molecule has 1 saturated heterocycles. The third-order valence-corrected chi connectivity index (χ3v) is 5.59. The van der Waals surface area contributed by atoms with E-state index >= 15 is 0 Å². The van der Waals surface area contributed by atoms with Crippen molar-refractivity contribution in [1.82, 2.24) is 14.2 Å². The Morgan fingerprint density at radius 2 is 2.00 bits per heavy atom. The maximum Gasteiger partial charge on any atom is 0.243 e. The molecule has 7 heteroatoms. The van der Waals surface area contributed by atoms with Crippen molar-refractivity contribution < 1.29 is 8.42 Å². The van der Waals surface area contributed by atoms with Gasteiger partial charge in [0, 0.05) is 25.3 Å². The van der Waals surface area contributed by atoms with E-state index < -0.39 is 10.0 Å². The van der Waals surface area contributed by atoms with Crippen LogP contribution in [0.15, 0.2) is 23.2 Å². The molecule has 0 aliphatic carbocycles. The van der Waals surface area contributed by atoms with E-state index in [9.17, 15) is 8.42 Å². The summed E-state index contributed by atoms with van der Waals surface area (Å²) in [6.07, 6.45) is 3.12. The molecule has 0 unspecified atom stereocenters. The monoisotopic (exact) mass is 303 g/mol. The van der Waals surface area contributed by atoms with Crippen LogP contribution in [0.25, 0.3) is 0 Å². The predicted molar refractivity (Wildman–Crippen MR) is 74.7 cm³/mol. The standard InChI is InChI=1S/C12H18ClN3O2S/c1-15(2)10-4-7-16(8-5-10)19(17,18)11-3-6-14-12(13)9-11/h3,6,9-10H,4-5,7-8H2,1-2H3. The predicted octanol–water partition coefficient (Wildman–Crippen LogP) is 1.45. The molecule has 1 aromatic heterocycles. The van der Waals surface area contributed by atoms with Crippen molar-refractivity contribution in [2.45, 2.75) is 23.8 Å². The molecule has 0 bridgehead atoms. The first-order valence-corrected chi connectivity index (χ1v) is 8.01. The molecule has 2 rings (SSSR count). The van der Waals surface area contributed by atoms with E-state index in [-0.39, 0.29) is 10.0 Å². The fourth-order valence-electron chi connectivity index (χ4n) is 2.29. The number of rotatable bonds is 3. The molecule has 2 heterocycles. The Labute approximate surface area is 119 Å². The second kappa shape index (κ2) is 5.75. The van der Waals surface area contributed by atoms with Crippen LogP contribution in [0.2, 0.25) is 5.15 Å². The average molecular weight is 304 g/mol. The van der Waals surface area contributed by atoms with Gasteiger partial charge in [-0.2, -0.15) is 4.31 Å². The highest BCUT2D eigenvalue weighted by molar-refractivity contribution is 7.89. The quantitative estimate of drug-likeness (QED) is 0.793. The summed E-state index contributed by atoms with van der Waals surface area (Å²) >= 11 is 5.75. The van der Waals surface area contributed by atoms with Crippen LogP contribution in [0.5, 0.6) is 0 Å². The zero-order valence-electron chi connectivity index (χ0n) is 11.1. The maximum atomic E-state index is 12.4. The van der Waals surface area contributed by atoms with Crippen LogP contribution < -0.4 is 0 Å². The van der Waals surface area contributed by atoms with Gasteiger partial charge >= 0.3 is 0 Å². The first-order chi connectivity index (χ1) is 8.91. The van der Waals surface area contributed by atoms with Gasteiger partial charge in [0.2, 0.25) is 10.0 Å². The topological polar surface area (TPSA) is 53.5 Å². The highest BCUT2D eigenvalue weighted by atomic mass is 35.5. The van der Waals surface area contributed by atoms with E-state index in [1.54, 1.807) is 0 Å². The third kappa shape index (κ3) is 3.25. The number of pyridine rings is 1. The number of nitrogens with zero attached hydrogens (tertiary/aromatic N) is 3. The molecule has 0 spiro atoms. The van der Waals surface area contributed by atoms with Gasteiger partial charge in [-0.3, -0.25) is 0 Å². The second-order valence-electron chi connectivity index (χ2n) is 4.91. The van der Waals surface area contributed by atoms with Gasteiger partial charge < -0.3 is 4.90 Å². The first kappa shape index (κ1) is 14.7. The van der Waals surface area contributed by atoms with Gasteiger partial charge in [0.25, 0.3) is 0 Å². The van der Waals surface area contributed by atoms with Gasteiger partial charge in [-0.15, -0.1) is 0 Å². The lowest BCUT2D eigenvalue weighted by Gasteiger charge is -2.34. The lowest BCUT2D eigenvalue weighted by atomic mass is 10.1. The van der Waals surface area contributed by atoms with Crippen molar-refractivity contribution in [2.75, 3.05) is 27.2 Å². The van der Waals surface area contributed by atoms with E-state index in [1.807, 2.05) is 14.1 Å². The summed E-state index contributed by atoms with van der Waals surface area (Å²) in [4.78, 5) is 6.17. The number of sulfonamides is 1. The summed E-state index contributed by atoms with van der Waals surface area (Å²) in [6.45, 7) is 1.09. The molecule has 106 valence electrons. The zero-order chi connectivity index (χ0) is 14.0. The Kier molecular flexibility index (Phi) is 4.45. The maximum absolute atomic E-state index is 12.4. The summed E-state index contributed by atoms with van der Waals surface area (Å²) in [5, 5.41) is 0.198. The Balaban J connectivity index is 2.14. The lowest BCUT2D eigenvalue weighted by Crippen LogP contribution is -2.44. The van der Waals surface area contributed by atoms with Crippen LogP contribution in [0.1, 0.15) is 12.8 Å². The van der Waals surface area contributed by atoms with Crippen LogP contribution in [0.3, 0.4) is 0 Å². The molecule has 0 N–H and O–H groups in total. The molecular weight excluding hydrogens is 286 g/mol. The Morgan fingerprint density at radius 3 is 2.53 bits per heavy atom. The van der Waals surface area contributed by atoms with Crippen LogP contribution in [0, 0.1) is 0 Å². The molecule has 0 aromatic carbocycles. The first-order valence-electron chi connectivity index (χ1n) is 6.19. The van der Waals surface area contributed by atoms with Crippen molar-refractivity contribution in [3.8, 4) is 0 Å². The Morgan fingerprint density at radius 1 is 1.37 bits per heavy atom. The van der Waals surface area contributed by atoms with Gasteiger partial charge in [0.05, 0.1) is 4.90 Å². The SMILES string of the molecule is CN(C)C1CCN(S(=O)(=O)c2ccnc(Cl)c2)CC1. The molecule has 1 aromatic rings. The molecule has 1 aliphatic rings. The molecular formula is C12H18ClN3O2S. The van der Waals surface area contributed by atoms with Crippen LogP contribution >= 0.6 is 11.6 Å². The highest BCUT2D eigenvalue weighted by Gasteiger charge is 2.30. The largest absolute Gasteiger partial charge is 0.306 e. The van der Waals surface area contributed by atoms with Crippen molar-refractivity contribution in [1.29, 1.82) is 0 Å². The molecule has 0 saturated carbocycles. The number of halogens is 1. The summed E-state index contributed by atoms with van der Waals surface area (Å²) in [5.74, 6) is 0. The fourth-order valence-corrected chi connectivity index (χ4v) is 4.01. The normalized spacial score (nSPS) is 18.9. The van der Waals surface area contributed by atoms with Crippen molar-refractivity contribution in [3.63, 3.8) is 0 Å². The molecule has 19 heavy (non-hydrogen) atoms. The molecule has 1 fully saturated rings. The summed E-state index contributed by atoms with van der Waals surface area (Å²) < 4.78 is 26.4. The number of aromatic nitrogens is 1. The Bertz CT molecular complexity index is 540. The summed E-state index contributed by atoms with van der Waals surface area (Å²) in [7, 11) is 0.607. The van der Waals surface area contributed by atoms with Crippen LogP contribution in [-0.4, -0.2) is 55.8 Å². The van der Waals surface area contributed by atoms with Gasteiger partial charge in [0.1, 0.15) is 5.15 Å². The average Bonchev–Trinajstić information content (AvgIpc) is 2.39. The minimum atomic E-state index is -3.44. The number of piperidine rings is 1. The fraction of sp³-hybridized carbons (Fsp3) is 0.583. The van der Waals surface area contributed by atoms with Gasteiger partial charge in [-0.25, -0.2) is 13.4 Å². The van der Waals surface area contributed by atoms with Crippen molar-refractivity contribution in [2.24, 2.45) is 0 Å². The van der Waals surface area contributed by atoms with Crippen LogP contribution in [-0.2, 0) is 10.0 Å². The minimum Gasteiger partial charge on any atom is -0.306 e. The smallest absolute Gasteiger partial charge is 0.243 e. The Hall–Kier alpha value is -0.690. The summed E-state index contributed by atoms with van der Waals surface area (Å²) in [6, 6.07) is 3.33. The third-order valence-electron chi connectivity index (χ3n) is 3.49. The second-order valence-corrected chi connectivity index (χ2v) is 7.24.